The van der Waals surface area contributed by atoms with E-state index in [0.717, 1.165) is 11.3 Å². The Morgan fingerprint density at radius 3 is 2.63 bits per heavy atom. The number of hydrogen-bond donors (Lipinski definition) is 1. The molecule has 0 fully saturated rings. The average molecular weight is 367 g/mol. The summed E-state index contributed by atoms with van der Waals surface area (Å²) in [6.45, 7) is 1.08. The van der Waals surface area contributed by atoms with Crippen molar-refractivity contribution in [1.29, 1.82) is 0 Å². The van der Waals surface area contributed by atoms with E-state index in [-0.39, 0.29) is 11.9 Å². The Kier molecular flexibility index (Phi) is 4.61. The molecule has 0 atom stereocenters. The van der Waals surface area contributed by atoms with Gasteiger partial charge in [-0.3, -0.25) is 10.1 Å². The number of nitrogens with one attached hydrogen (secondary N) is 1. The fourth-order valence-electron chi connectivity index (χ4n) is 2.66. The van der Waals surface area contributed by atoms with Gasteiger partial charge in [0.2, 0.25) is 5.89 Å². The first-order valence-electron chi connectivity index (χ1n) is 8.37. The molecule has 0 saturated carbocycles. The second kappa shape index (κ2) is 7.36. The second-order valence-corrected chi connectivity index (χ2v) is 5.84. The zero-order chi connectivity index (χ0) is 18.6. The van der Waals surface area contributed by atoms with E-state index >= 15 is 0 Å². The van der Waals surface area contributed by atoms with Gasteiger partial charge in [0, 0.05) is 5.56 Å². The molecule has 8 heteroatoms. The standard InChI is InChI=1S/C19H17N3O5/c1-24-14-5-3-13(4-6-14)18(23)20-19-22-21-17(27-19)11-12-2-7-15-16(10-12)26-9-8-25-15/h2-7,10H,8-9,11H2,1H3,(H,20,22,23). The van der Waals surface area contributed by atoms with Gasteiger partial charge in [0.15, 0.2) is 11.5 Å². The zero-order valence-electron chi connectivity index (χ0n) is 14.6. The molecular weight excluding hydrogens is 350 g/mol. The Balaban J connectivity index is 1.41. The van der Waals surface area contributed by atoms with Crippen LogP contribution in [0.2, 0.25) is 0 Å². The molecule has 0 saturated heterocycles. The summed E-state index contributed by atoms with van der Waals surface area (Å²) in [7, 11) is 1.57. The number of fused-ring (bicyclic) bond motifs is 1. The number of hydrogen-bond acceptors (Lipinski definition) is 7. The van der Waals surface area contributed by atoms with Gasteiger partial charge in [-0.05, 0) is 42.0 Å². The van der Waals surface area contributed by atoms with Gasteiger partial charge in [0.1, 0.15) is 19.0 Å². The third-order valence-electron chi connectivity index (χ3n) is 4.00. The maximum Gasteiger partial charge on any atom is 0.322 e. The summed E-state index contributed by atoms with van der Waals surface area (Å²) in [6, 6.07) is 12.4. The predicted molar refractivity (Wildman–Crippen MR) is 95.5 cm³/mol. The van der Waals surface area contributed by atoms with Crippen molar-refractivity contribution in [3.8, 4) is 17.2 Å². The van der Waals surface area contributed by atoms with E-state index < -0.39 is 0 Å². The number of ether oxygens (including phenoxy) is 3. The SMILES string of the molecule is COc1ccc(C(=O)Nc2nnc(Cc3ccc4c(c3)OCCO4)o2)cc1. The zero-order valence-corrected chi connectivity index (χ0v) is 14.6. The van der Waals surface area contributed by atoms with E-state index in [2.05, 4.69) is 15.5 Å². The number of anilines is 1. The van der Waals surface area contributed by atoms with Crippen LogP contribution in [0.4, 0.5) is 6.01 Å². The fourth-order valence-corrected chi connectivity index (χ4v) is 2.66. The first-order chi connectivity index (χ1) is 13.2. The fraction of sp³-hybridized carbons (Fsp3) is 0.211. The molecule has 1 aromatic heterocycles. The van der Waals surface area contributed by atoms with E-state index in [0.29, 0.717) is 42.6 Å². The van der Waals surface area contributed by atoms with Crippen LogP contribution < -0.4 is 19.5 Å². The number of methoxy groups -OCH3 is 1. The van der Waals surface area contributed by atoms with Crippen LogP contribution in [0.5, 0.6) is 17.2 Å². The summed E-state index contributed by atoms with van der Waals surface area (Å²) < 4.78 is 21.7. The molecule has 1 aliphatic rings. The van der Waals surface area contributed by atoms with Gasteiger partial charge in [-0.2, -0.15) is 0 Å². The van der Waals surface area contributed by atoms with Gasteiger partial charge in [0.25, 0.3) is 5.91 Å². The Hall–Kier alpha value is -3.55. The first-order valence-corrected chi connectivity index (χ1v) is 8.37. The Labute approximate surface area is 155 Å². The quantitative estimate of drug-likeness (QED) is 0.741. The molecule has 0 spiro atoms. The summed E-state index contributed by atoms with van der Waals surface area (Å²) in [5.41, 5.74) is 1.40. The molecule has 2 heterocycles. The molecule has 1 N–H and O–H groups in total. The highest BCUT2D eigenvalue weighted by Crippen LogP contribution is 2.31. The van der Waals surface area contributed by atoms with Gasteiger partial charge in [-0.25, -0.2) is 0 Å². The van der Waals surface area contributed by atoms with Crippen molar-refractivity contribution in [2.75, 3.05) is 25.6 Å². The van der Waals surface area contributed by atoms with Crippen molar-refractivity contribution in [2.24, 2.45) is 0 Å². The van der Waals surface area contributed by atoms with Gasteiger partial charge in [0.05, 0.1) is 13.5 Å². The number of rotatable bonds is 5. The summed E-state index contributed by atoms with van der Waals surface area (Å²) in [5.74, 6) is 2.14. The third-order valence-corrected chi connectivity index (χ3v) is 4.00. The molecule has 0 aliphatic carbocycles. The van der Waals surface area contributed by atoms with Crippen LogP contribution >= 0.6 is 0 Å². The minimum Gasteiger partial charge on any atom is -0.497 e. The molecule has 4 rings (SSSR count). The van der Waals surface area contributed by atoms with Crippen molar-refractivity contribution >= 4 is 11.9 Å². The van der Waals surface area contributed by atoms with Crippen LogP contribution in [0.3, 0.4) is 0 Å². The summed E-state index contributed by atoms with van der Waals surface area (Å²) in [4.78, 5) is 12.2. The number of aromatic nitrogens is 2. The molecule has 0 unspecified atom stereocenters. The topological polar surface area (TPSA) is 95.7 Å². The van der Waals surface area contributed by atoms with E-state index in [1.807, 2.05) is 18.2 Å². The molecule has 0 radical (unpaired) electrons. The average Bonchev–Trinajstić information content (AvgIpc) is 3.14. The highest BCUT2D eigenvalue weighted by Gasteiger charge is 2.15. The lowest BCUT2D eigenvalue weighted by molar-refractivity contribution is 0.102. The van der Waals surface area contributed by atoms with Crippen LogP contribution in [0, 0.1) is 0 Å². The molecule has 27 heavy (non-hydrogen) atoms. The minimum absolute atomic E-state index is 0.0448. The number of carbonyl (C=O) groups is 1. The Morgan fingerprint density at radius 1 is 1.07 bits per heavy atom. The van der Waals surface area contributed by atoms with Crippen molar-refractivity contribution in [1.82, 2.24) is 10.2 Å². The molecule has 8 nitrogen and oxygen atoms in total. The third kappa shape index (κ3) is 3.84. The number of amides is 1. The normalized spacial score (nSPS) is 12.5. The van der Waals surface area contributed by atoms with Gasteiger partial charge >= 0.3 is 6.01 Å². The lowest BCUT2D eigenvalue weighted by atomic mass is 10.1. The van der Waals surface area contributed by atoms with Crippen molar-refractivity contribution in [2.45, 2.75) is 6.42 Å². The Bertz CT molecular complexity index is 952. The van der Waals surface area contributed by atoms with Crippen molar-refractivity contribution in [3.63, 3.8) is 0 Å². The van der Waals surface area contributed by atoms with Crippen LogP contribution in [-0.2, 0) is 6.42 Å². The number of nitrogens with zero attached hydrogens (tertiary/aromatic N) is 2. The minimum atomic E-state index is -0.341. The molecule has 1 aliphatic heterocycles. The van der Waals surface area contributed by atoms with Crippen LogP contribution in [0.25, 0.3) is 0 Å². The maximum absolute atomic E-state index is 12.2. The van der Waals surface area contributed by atoms with E-state index in [4.69, 9.17) is 18.6 Å². The van der Waals surface area contributed by atoms with Gasteiger partial charge < -0.3 is 18.6 Å². The lowest BCUT2D eigenvalue weighted by Crippen LogP contribution is -2.15. The van der Waals surface area contributed by atoms with E-state index in [9.17, 15) is 4.79 Å². The first kappa shape index (κ1) is 16.9. The van der Waals surface area contributed by atoms with Crippen LogP contribution in [-0.4, -0.2) is 36.4 Å². The van der Waals surface area contributed by atoms with Crippen molar-refractivity contribution < 1.29 is 23.4 Å². The van der Waals surface area contributed by atoms with E-state index in [1.165, 1.54) is 0 Å². The highest BCUT2D eigenvalue weighted by atomic mass is 16.6. The summed E-state index contributed by atoms with van der Waals surface area (Å²) in [6.07, 6.45) is 0.419. The Morgan fingerprint density at radius 2 is 1.85 bits per heavy atom. The van der Waals surface area contributed by atoms with E-state index in [1.54, 1.807) is 31.4 Å². The largest absolute Gasteiger partial charge is 0.497 e. The summed E-state index contributed by atoms with van der Waals surface area (Å²) >= 11 is 0. The van der Waals surface area contributed by atoms with Crippen LogP contribution in [0.1, 0.15) is 21.8 Å². The van der Waals surface area contributed by atoms with Gasteiger partial charge in [-0.1, -0.05) is 11.2 Å². The molecule has 138 valence electrons. The molecule has 0 bridgehead atoms. The molecule has 1 amide bonds. The highest BCUT2D eigenvalue weighted by molar-refractivity contribution is 6.03. The number of carbonyl (C=O) groups excluding carboxylic acids is 1. The molecular formula is C19H17N3O5. The predicted octanol–water partition coefficient (Wildman–Crippen LogP) is 2.69. The lowest BCUT2D eigenvalue weighted by Gasteiger charge is -2.18. The monoisotopic (exact) mass is 367 g/mol. The number of benzene rings is 2. The molecule has 2 aromatic carbocycles. The van der Waals surface area contributed by atoms with Gasteiger partial charge in [-0.15, -0.1) is 5.10 Å². The smallest absolute Gasteiger partial charge is 0.322 e. The summed E-state index contributed by atoms with van der Waals surface area (Å²) in [5, 5.41) is 10.4. The van der Waals surface area contributed by atoms with Crippen molar-refractivity contribution in [3.05, 3.63) is 59.5 Å². The second-order valence-electron chi connectivity index (χ2n) is 5.84. The maximum atomic E-state index is 12.2. The van der Waals surface area contributed by atoms with Crippen LogP contribution in [0.15, 0.2) is 46.9 Å². The molecule has 3 aromatic rings.